The van der Waals surface area contributed by atoms with Crippen LogP contribution in [-0.2, 0) is 16.6 Å². The van der Waals surface area contributed by atoms with E-state index in [1.807, 2.05) is 36.4 Å². The van der Waals surface area contributed by atoms with Gasteiger partial charge in [0.15, 0.2) is 0 Å². The molecule has 0 radical (unpaired) electrons. The molecule has 2 aliphatic rings. The van der Waals surface area contributed by atoms with Crippen molar-refractivity contribution in [2.75, 3.05) is 13.2 Å². The summed E-state index contributed by atoms with van der Waals surface area (Å²) >= 11 is 1.57. The average molecular weight is 437 g/mol. The SMILES string of the molecule is NCC1(c2nc(-c3ccccc3)c(Cc3cc(F)cc(F)c3)s2)C=CC2=C(CCO2)C1. The molecule has 1 aromatic heterocycles. The molecule has 31 heavy (non-hydrogen) atoms. The third kappa shape index (κ3) is 3.82. The zero-order valence-corrected chi connectivity index (χ0v) is 17.7. The van der Waals surface area contributed by atoms with Gasteiger partial charge in [0.2, 0.25) is 0 Å². The number of thiazole rings is 1. The normalized spacial score (nSPS) is 20.1. The molecule has 2 aromatic carbocycles. The van der Waals surface area contributed by atoms with Crippen molar-refractivity contribution in [3.63, 3.8) is 0 Å². The lowest BCUT2D eigenvalue weighted by Crippen LogP contribution is -2.35. The highest BCUT2D eigenvalue weighted by molar-refractivity contribution is 7.12. The van der Waals surface area contributed by atoms with E-state index in [0.29, 0.717) is 25.1 Å². The Labute approximate surface area is 183 Å². The lowest BCUT2D eigenvalue weighted by molar-refractivity contribution is 0.256. The molecule has 5 rings (SSSR count). The molecular formula is C25H22F2N2OS. The number of benzene rings is 2. The van der Waals surface area contributed by atoms with Gasteiger partial charge in [-0.25, -0.2) is 13.8 Å². The van der Waals surface area contributed by atoms with Crippen molar-refractivity contribution in [1.82, 2.24) is 4.98 Å². The summed E-state index contributed by atoms with van der Waals surface area (Å²) in [5, 5.41) is 0.926. The summed E-state index contributed by atoms with van der Waals surface area (Å²) in [6, 6.07) is 13.5. The van der Waals surface area contributed by atoms with Crippen molar-refractivity contribution in [3.05, 3.63) is 99.1 Å². The molecule has 3 aromatic rings. The average Bonchev–Trinajstić information content (AvgIpc) is 3.40. The summed E-state index contributed by atoms with van der Waals surface area (Å²) in [5.41, 5.74) is 9.58. The molecule has 0 saturated heterocycles. The van der Waals surface area contributed by atoms with Gasteiger partial charge < -0.3 is 10.5 Å². The number of aromatic nitrogens is 1. The first-order chi connectivity index (χ1) is 15.1. The van der Waals surface area contributed by atoms with Crippen LogP contribution in [0.3, 0.4) is 0 Å². The number of rotatable bonds is 5. The molecule has 158 valence electrons. The van der Waals surface area contributed by atoms with E-state index in [-0.39, 0.29) is 0 Å². The first kappa shape index (κ1) is 20.1. The summed E-state index contributed by atoms with van der Waals surface area (Å²) in [6.07, 6.45) is 6.22. The van der Waals surface area contributed by atoms with E-state index in [0.717, 1.165) is 45.8 Å². The standard InChI is InChI=1S/C25H22F2N2OS/c26-19-10-16(11-20(27)13-19)12-22-23(17-4-2-1-3-5-17)29-24(31-22)25(15-28)8-6-21-18(14-25)7-9-30-21/h1-6,8,10-11,13H,7,9,12,14-15,28H2. The van der Waals surface area contributed by atoms with Crippen LogP contribution < -0.4 is 5.73 Å². The van der Waals surface area contributed by atoms with E-state index in [1.165, 1.54) is 17.7 Å². The highest BCUT2D eigenvalue weighted by atomic mass is 32.1. The summed E-state index contributed by atoms with van der Waals surface area (Å²) in [5.74, 6) is -0.190. The fourth-order valence-corrected chi connectivity index (χ4v) is 5.60. The number of hydrogen-bond donors (Lipinski definition) is 1. The van der Waals surface area contributed by atoms with Crippen molar-refractivity contribution < 1.29 is 13.5 Å². The third-order valence-electron chi connectivity index (χ3n) is 5.91. The van der Waals surface area contributed by atoms with E-state index in [9.17, 15) is 8.78 Å². The molecule has 6 heteroatoms. The van der Waals surface area contributed by atoms with Crippen molar-refractivity contribution >= 4 is 11.3 Å². The third-order valence-corrected chi connectivity index (χ3v) is 7.19. The zero-order chi connectivity index (χ0) is 21.4. The number of ether oxygens (including phenoxy) is 1. The molecule has 1 aliphatic heterocycles. The second-order valence-corrected chi connectivity index (χ2v) is 9.13. The first-order valence-corrected chi connectivity index (χ1v) is 11.1. The number of nitrogens with two attached hydrogens (primary N) is 1. The molecule has 0 spiro atoms. The molecule has 1 atom stereocenters. The molecule has 0 fully saturated rings. The summed E-state index contributed by atoms with van der Waals surface area (Å²) in [7, 11) is 0. The summed E-state index contributed by atoms with van der Waals surface area (Å²) in [6.45, 7) is 1.13. The van der Waals surface area contributed by atoms with Crippen molar-refractivity contribution in [2.24, 2.45) is 5.73 Å². The molecule has 1 aliphatic carbocycles. The van der Waals surface area contributed by atoms with Crippen LogP contribution in [0.25, 0.3) is 11.3 Å². The topological polar surface area (TPSA) is 48.1 Å². The van der Waals surface area contributed by atoms with Crippen LogP contribution in [0, 0.1) is 11.6 Å². The van der Waals surface area contributed by atoms with E-state index < -0.39 is 17.0 Å². The van der Waals surface area contributed by atoms with Gasteiger partial charge in [-0.3, -0.25) is 0 Å². The van der Waals surface area contributed by atoms with E-state index in [1.54, 1.807) is 11.3 Å². The van der Waals surface area contributed by atoms with Crippen LogP contribution in [0.15, 0.2) is 72.0 Å². The van der Waals surface area contributed by atoms with Gasteiger partial charge in [0, 0.05) is 35.9 Å². The van der Waals surface area contributed by atoms with E-state index in [2.05, 4.69) is 6.08 Å². The second-order valence-electron chi connectivity index (χ2n) is 8.05. The maximum Gasteiger partial charge on any atom is 0.126 e. The molecule has 0 saturated carbocycles. The Kier molecular flexibility index (Phi) is 5.20. The Bertz CT molecular complexity index is 1170. The van der Waals surface area contributed by atoms with Gasteiger partial charge in [-0.15, -0.1) is 11.3 Å². The van der Waals surface area contributed by atoms with Gasteiger partial charge in [-0.2, -0.15) is 0 Å². The molecule has 0 bridgehead atoms. The monoisotopic (exact) mass is 436 g/mol. The lowest BCUT2D eigenvalue weighted by atomic mass is 9.78. The van der Waals surface area contributed by atoms with Gasteiger partial charge in [0.1, 0.15) is 22.4 Å². The maximum atomic E-state index is 13.8. The predicted octanol–water partition coefficient (Wildman–Crippen LogP) is 5.51. The Morgan fingerprint density at radius 2 is 1.87 bits per heavy atom. The number of hydrogen-bond acceptors (Lipinski definition) is 4. The van der Waals surface area contributed by atoms with Gasteiger partial charge in [0.25, 0.3) is 0 Å². The van der Waals surface area contributed by atoms with Crippen LogP contribution in [0.4, 0.5) is 8.78 Å². The van der Waals surface area contributed by atoms with Crippen LogP contribution in [0.1, 0.15) is 28.3 Å². The zero-order valence-electron chi connectivity index (χ0n) is 16.9. The first-order valence-electron chi connectivity index (χ1n) is 10.3. The quantitative estimate of drug-likeness (QED) is 0.574. The largest absolute Gasteiger partial charge is 0.493 e. The number of nitrogens with zero attached hydrogens (tertiary/aromatic N) is 1. The van der Waals surface area contributed by atoms with Crippen LogP contribution in [0.5, 0.6) is 0 Å². The maximum absolute atomic E-state index is 13.8. The minimum absolute atomic E-state index is 0.397. The Balaban J connectivity index is 1.58. The van der Waals surface area contributed by atoms with Crippen molar-refractivity contribution in [1.29, 1.82) is 0 Å². The molecule has 1 unspecified atom stereocenters. The second kappa shape index (κ2) is 8.02. The molecule has 3 nitrogen and oxygen atoms in total. The number of allylic oxidation sites excluding steroid dienone is 1. The number of halogens is 2. The minimum atomic E-state index is -0.574. The smallest absolute Gasteiger partial charge is 0.126 e. The Morgan fingerprint density at radius 3 is 2.61 bits per heavy atom. The van der Waals surface area contributed by atoms with Crippen molar-refractivity contribution in [2.45, 2.75) is 24.7 Å². The van der Waals surface area contributed by atoms with Gasteiger partial charge >= 0.3 is 0 Å². The van der Waals surface area contributed by atoms with Gasteiger partial charge in [-0.1, -0.05) is 36.4 Å². The molecule has 0 amide bonds. The van der Waals surface area contributed by atoms with Crippen molar-refractivity contribution in [3.8, 4) is 11.3 Å². The molecule has 2 N–H and O–H groups in total. The highest BCUT2D eigenvalue weighted by Gasteiger charge is 2.38. The predicted molar refractivity (Wildman–Crippen MR) is 119 cm³/mol. The lowest BCUT2D eigenvalue weighted by Gasteiger charge is -2.30. The molecule has 2 heterocycles. The highest BCUT2D eigenvalue weighted by Crippen LogP contribution is 2.44. The van der Waals surface area contributed by atoms with E-state index in [4.69, 9.17) is 15.5 Å². The summed E-state index contributed by atoms with van der Waals surface area (Å²) < 4.78 is 33.3. The van der Waals surface area contributed by atoms with Gasteiger partial charge in [-0.05, 0) is 35.8 Å². The van der Waals surface area contributed by atoms with Gasteiger partial charge in [0.05, 0.1) is 17.7 Å². The van der Waals surface area contributed by atoms with Crippen LogP contribution >= 0.6 is 11.3 Å². The van der Waals surface area contributed by atoms with Crippen LogP contribution in [0.2, 0.25) is 0 Å². The van der Waals surface area contributed by atoms with Crippen LogP contribution in [-0.4, -0.2) is 18.1 Å². The summed E-state index contributed by atoms with van der Waals surface area (Å²) in [4.78, 5) is 6.01. The fourth-order valence-electron chi connectivity index (χ4n) is 4.30. The Morgan fingerprint density at radius 1 is 1.10 bits per heavy atom. The van der Waals surface area contributed by atoms with E-state index >= 15 is 0 Å². The molecular weight excluding hydrogens is 414 g/mol. The Hall–Kier alpha value is -2.83. The fraction of sp³-hybridized carbons (Fsp3) is 0.240. The minimum Gasteiger partial charge on any atom is -0.493 e.